The van der Waals surface area contributed by atoms with E-state index >= 15 is 0 Å². The number of nitrogens with one attached hydrogen (secondary N) is 1. The molecule has 0 saturated carbocycles. The Morgan fingerprint density at radius 2 is 2.07 bits per heavy atom. The molecular formula is C27H26ClF3N6O4. The lowest BCUT2D eigenvalue weighted by molar-refractivity contribution is -0.141. The topological polar surface area (TPSA) is 102 Å². The molecule has 10 nitrogen and oxygen atoms in total. The smallest absolute Gasteiger partial charge is 0.416 e. The molecule has 1 N–H and O–H groups in total. The van der Waals surface area contributed by atoms with Crippen molar-refractivity contribution < 1.29 is 32.2 Å². The molecule has 3 aliphatic heterocycles. The van der Waals surface area contributed by atoms with Crippen LogP contribution in [-0.2, 0) is 15.7 Å². The number of carbonyl (C=O) groups excluding carboxylic acids is 1. The lowest BCUT2D eigenvalue weighted by Gasteiger charge is -2.36. The summed E-state index contributed by atoms with van der Waals surface area (Å²) in [5, 5.41) is 2.94. The minimum absolute atomic E-state index is 0.147. The van der Waals surface area contributed by atoms with Crippen LogP contribution < -0.4 is 19.9 Å². The predicted molar refractivity (Wildman–Crippen MR) is 144 cm³/mol. The van der Waals surface area contributed by atoms with Crippen LogP contribution in [-0.4, -0.2) is 65.2 Å². The number of halogens is 4. The highest BCUT2D eigenvalue weighted by atomic mass is 35.5. The van der Waals surface area contributed by atoms with E-state index in [-0.39, 0.29) is 46.7 Å². The third-order valence-corrected chi connectivity index (χ3v) is 7.34. The van der Waals surface area contributed by atoms with Crippen molar-refractivity contribution in [1.82, 2.24) is 15.0 Å². The van der Waals surface area contributed by atoms with E-state index in [1.54, 1.807) is 6.07 Å². The normalized spacial score (nSPS) is 21.1. The molecule has 6 rings (SSSR count). The van der Waals surface area contributed by atoms with Gasteiger partial charge in [0.25, 0.3) is 0 Å². The van der Waals surface area contributed by atoms with Gasteiger partial charge >= 0.3 is 12.2 Å². The maximum atomic E-state index is 13.6. The van der Waals surface area contributed by atoms with Gasteiger partial charge in [-0.1, -0.05) is 23.7 Å². The van der Waals surface area contributed by atoms with Crippen LogP contribution in [0.5, 0.6) is 5.88 Å². The van der Waals surface area contributed by atoms with E-state index in [2.05, 4.69) is 25.2 Å². The van der Waals surface area contributed by atoms with E-state index in [0.29, 0.717) is 37.6 Å². The standard InChI is InChI=1S/C27H26ClF3N6O4/c1-26(2)40-14-18(41-26)13-39-22-11-32-10-21(33-22)34-25(38)37-17-6-7-36(12-17)20-9-19(28)23(35-24(20)37)15-4-3-5-16(8-15)27(29,30)31/h3-5,8-11,17-18H,6-7,12-14H2,1-2H3,(H,33,34,38)/t17?,18-/m1/s1. The molecule has 2 saturated heterocycles. The maximum absolute atomic E-state index is 13.6. The first kappa shape index (κ1) is 27.5. The Morgan fingerprint density at radius 3 is 2.83 bits per heavy atom. The molecule has 0 spiro atoms. The summed E-state index contributed by atoms with van der Waals surface area (Å²) in [7, 11) is 0. The number of aromatic nitrogens is 3. The fourth-order valence-corrected chi connectivity index (χ4v) is 5.46. The zero-order valence-electron chi connectivity index (χ0n) is 22.1. The Kier molecular flexibility index (Phi) is 6.91. The van der Waals surface area contributed by atoms with Gasteiger partial charge in [0.05, 0.1) is 47.0 Å². The number of hydrogen-bond donors (Lipinski definition) is 1. The van der Waals surface area contributed by atoms with Crippen molar-refractivity contribution in [2.75, 3.05) is 41.4 Å². The number of alkyl halides is 3. The van der Waals surface area contributed by atoms with Crippen molar-refractivity contribution in [3.63, 3.8) is 0 Å². The van der Waals surface area contributed by atoms with Gasteiger partial charge in [-0.25, -0.2) is 9.78 Å². The molecule has 14 heteroatoms. The Balaban J connectivity index is 1.25. The van der Waals surface area contributed by atoms with Crippen LogP contribution in [0.2, 0.25) is 5.02 Å². The fraction of sp³-hybridized carbons (Fsp3) is 0.407. The van der Waals surface area contributed by atoms with Crippen LogP contribution in [0.4, 0.5) is 35.3 Å². The molecular weight excluding hydrogens is 565 g/mol. The number of nitrogens with zero attached hydrogens (tertiary/aromatic N) is 5. The highest BCUT2D eigenvalue weighted by Crippen LogP contribution is 2.43. The van der Waals surface area contributed by atoms with E-state index in [9.17, 15) is 18.0 Å². The monoisotopic (exact) mass is 590 g/mol. The number of urea groups is 1. The lowest BCUT2D eigenvalue weighted by Crippen LogP contribution is -2.48. The average Bonchev–Trinajstić information content (AvgIpc) is 3.50. The van der Waals surface area contributed by atoms with Crippen molar-refractivity contribution in [2.24, 2.45) is 0 Å². The van der Waals surface area contributed by atoms with Crippen LogP contribution >= 0.6 is 11.6 Å². The van der Waals surface area contributed by atoms with Crippen molar-refractivity contribution in [2.45, 2.75) is 44.4 Å². The van der Waals surface area contributed by atoms with Crippen molar-refractivity contribution in [3.8, 4) is 17.1 Å². The van der Waals surface area contributed by atoms with Gasteiger partial charge < -0.3 is 19.1 Å². The van der Waals surface area contributed by atoms with Crippen molar-refractivity contribution in [3.05, 3.63) is 53.3 Å². The molecule has 2 fully saturated rings. The van der Waals surface area contributed by atoms with E-state index in [1.807, 2.05) is 13.8 Å². The second-order valence-electron chi connectivity index (χ2n) is 10.4. The van der Waals surface area contributed by atoms with Gasteiger partial charge in [0.15, 0.2) is 17.4 Å². The molecule has 2 amide bonds. The first-order chi connectivity index (χ1) is 19.5. The Morgan fingerprint density at radius 1 is 1.24 bits per heavy atom. The molecule has 2 bridgehead atoms. The first-order valence-corrected chi connectivity index (χ1v) is 13.3. The summed E-state index contributed by atoms with van der Waals surface area (Å²) in [6, 6.07) is 5.70. The van der Waals surface area contributed by atoms with Gasteiger partial charge in [-0.15, -0.1) is 0 Å². The van der Waals surface area contributed by atoms with Gasteiger partial charge in [-0.05, 0) is 38.5 Å². The Labute approximate surface area is 238 Å². The molecule has 41 heavy (non-hydrogen) atoms. The number of benzene rings is 1. The van der Waals surface area contributed by atoms with Crippen molar-refractivity contribution >= 4 is 35.0 Å². The first-order valence-electron chi connectivity index (χ1n) is 13.0. The molecule has 3 aliphatic rings. The maximum Gasteiger partial charge on any atom is 0.416 e. The highest BCUT2D eigenvalue weighted by molar-refractivity contribution is 6.33. The zero-order valence-corrected chi connectivity index (χ0v) is 22.9. The van der Waals surface area contributed by atoms with Crippen LogP contribution in [0.3, 0.4) is 0 Å². The second kappa shape index (κ2) is 10.3. The molecule has 3 aromatic rings. The van der Waals surface area contributed by atoms with Crippen LogP contribution in [0.15, 0.2) is 42.7 Å². The van der Waals surface area contributed by atoms with Crippen LogP contribution in [0.1, 0.15) is 25.8 Å². The summed E-state index contributed by atoms with van der Waals surface area (Å²) in [5.41, 5.74) is 0.143. The number of hydrogen-bond acceptors (Lipinski definition) is 8. The molecule has 1 unspecified atom stereocenters. The molecule has 216 valence electrons. The van der Waals surface area contributed by atoms with Gasteiger partial charge in [0.2, 0.25) is 5.88 Å². The second-order valence-corrected chi connectivity index (χ2v) is 10.8. The molecule has 2 aromatic heterocycles. The number of pyridine rings is 1. The summed E-state index contributed by atoms with van der Waals surface area (Å²) in [6.45, 7) is 5.44. The average molecular weight is 591 g/mol. The zero-order chi connectivity index (χ0) is 28.9. The minimum atomic E-state index is -4.53. The Bertz CT molecular complexity index is 1490. The van der Waals surface area contributed by atoms with Gasteiger partial charge in [0, 0.05) is 18.7 Å². The highest BCUT2D eigenvalue weighted by Gasteiger charge is 2.41. The SMILES string of the molecule is CC1(C)OC[C@@H](COc2cncc(NC(=O)N3c4nc(-c5cccc(C(F)(F)F)c5)c(Cl)cc4N4CCC3C4)n2)O1. The fourth-order valence-electron chi connectivity index (χ4n) is 5.20. The quantitative estimate of drug-likeness (QED) is 0.423. The summed E-state index contributed by atoms with van der Waals surface area (Å²) >= 11 is 6.53. The number of carbonyl (C=O) groups is 1. The van der Waals surface area contributed by atoms with Gasteiger partial charge in [0.1, 0.15) is 12.7 Å². The predicted octanol–water partition coefficient (Wildman–Crippen LogP) is 5.37. The molecule has 5 heterocycles. The number of ether oxygens (including phenoxy) is 3. The summed E-state index contributed by atoms with van der Waals surface area (Å²) in [4.78, 5) is 30.3. The van der Waals surface area contributed by atoms with Crippen LogP contribution in [0.25, 0.3) is 11.3 Å². The largest absolute Gasteiger partial charge is 0.474 e. The van der Waals surface area contributed by atoms with E-state index in [4.69, 9.17) is 25.8 Å². The van der Waals surface area contributed by atoms with Crippen LogP contribution in [0, 0.1) is 0 Å². The summed E-state index contributed by atoms with van der Waals surface area (Å²) in [5.74, 6) is -0.0335. The Hall–Kier alpha value is -3.68. The van der Waals surface area contributed by atoms with E-state index < -0.39 is 23.6 Å². The molecule has 1 aromatic carbocycles. The van der Waals surface area contributed by atoms with Gasteiger partial charge in [-0.3, -0.25) is 15.2 Å². The molecule has 0 aliphatic carbocycles. The number of amides is 2. The lowest BCUT2D eigenvalue weighted by atomic mass is 10.1. The number of rotatable bonds is 5. The molecule has 2 atom stereocenters. The van der Waals surface area contributed by atoms with Gasteiger partial charge in [-0.2, -0.15) is 18.2 Å². The minimum Gasteiger partial charge on any atom is -0.474 e. The van der Waals surface area contributed by atoms with E-state index in [1.165, 1.54) is 29.4 Å². The third kappa shape index (κ3) is 5.61. The van der Waals surface area contributed by atoms with E-state index in [0.717, 1.165) is 12.1 Å². The number of anilines is 3. The molecule has 0 radical (unpaired) electrons. The summed E-state index contributed by atoms with van der Waals surface area (Å²) in [6.07, 6.45) is -1.31. The summed E-state index contributed by atoms with van der Waals surface area (Å²) < 4.78 is 57.1. The van der Waals surface area contributed by atoms with Crippen molar-refractivity contribution in [1.29, 1.82) is 0 Å². The third-order valence-electron chi connectivity index (χ3n) is 7.05. The number of fused-ring (bicyclic) bond motifs is 4.